The highest BCUT2D eigenvalue weighted by Crippen LogP contribution is 2.24. The molecule has 0 bridgehead atoms. The number of hydrogen-bond donors (Lipinski definition) is 2. The standard InChI is InChI=1S/C14H15ClFNO4/c1-2-3-4-11(14(19)20)17-13(18)8-21-12-6-5-9(16)7-10(12)15/h2,5-7,11H,1,3-4,8H2,(H,17,18)(H,19,20). The zero-order chi connectivity index (χ0) is 15.8. The van der Waals surface area contributed by atoms with Gasteiger partial charge in [0, 0.05) is 0 Å². The fraction of sp³-hybridized carbons (Fsp3) is 0.286. The van der Waals surface area contributed by atoms with Gasteiger partial charge in [0.05, 0.1) is 5.02 Å². The summed E-state index contributed by atoms with van der Waals surface area (Å²) in [5, 5.41) is 11.3. The third-order valence-electron chi connectivity index (χ3n) is 2.55. The molecule has 1 aromatic carbocycles. The van der Waals surface area contributed by atoms with E-state index in [0.717, 1.165) is 12.1 Å². The minimum Gasteiger partial charge on any atom is -0.482 e. The molecule has 0 saturated carbocycles. The third kappa shape index (κ3) is 5.83. The molecule has 1 atom stereocenters. The van der Waals surface area contributed by atoms with Crippen LogP contribution in [0.4, 0.5) is 4.39 Å². The van der Waals surface area contributed by atoms with Crippen molar-refractivity contribution in [2.24, 2.45) is 0 Å². The van der Waals surface area contributed by atoms with Crippen LogP contribution in [0.5, 0.6) is 5.75 Å². The number of ether oxygens (including phenoxy) is 1. The zero-order valence-corrected chi connectivity index (χ0v) is 11.9. The second-order valence-electron chi connectivity index (χ2n) is 4.19. The van der Waals surface area contributed by atoms with Crippen LogP contribution in [0.25, 0.3) is 0 Å². The summed E-state index contributed by atoms with van der Waals surface area (Å²) in [6.07, 6.45) is 2.26. The Morgan fingerprint density at radius 1 is 1.52 bits per heavy atom. The second kappa shape index (κ2) is 8.26. The Morgan fingerprint density at radius 3 is 2.81 bits per heavy atom. The molecule has 0 heterocycles. The first kappa shape index (κ1) is 17.0. The Labute approximate surface area is 126 Å². The summed E-state index contributed by atoms with van der Waals surface area (Å²) >= 11 is 5.74. The second-order valence-corrected chi connectivity index (χ2v) is 4.59. The Balaban J connectivity index is 2.52. The molecule has 1 rings (SSSR count). The number of halogens is 2. The lowest BCUT2D eigenvalue weighted by Gasteiger charge is -2.14. The highest BCUT2D eigenvalue weighted by atomic mass is 35.5. The zero-order valence-electron chi connectivity index (χ0n) is 11.1. The maximum Gasteiger partial charge on any atom is 0.326 e. The number of carboxylic acid groups (broad SMARTS) is 1. The van der Waals surface area contributed by atoms with Gasteiger partial charge in [0.1, 0.15) is 17.6 Å². The molecule has 21 heavy (non-hydrogen) atoms. The van der Waals surface area contributed by atoms with E-state index in [-0.39, 0.29) is 17.2 Å². The van der Waals surface area contributed by atoms with Crippen molar-refractivity contribution in [1.82, 2.24) is 5.32 Å². The van der Waals surface area contributed by atoms with Crippen LogP contribution in [0.2, 0.25) is 5.02 Å². The summed E-state index contributed by atoms with van der Waals surface area (Å²) in [4.78, 5) is 22.6. The van der Waals surface area contributed by atoms with Crippen molar-refractivity contribution < 1.29 is 23.8 Å². The van der Waals surface area contributed by atoms with Crippen molar-refractivity contribution in [3.05, 3.63) is 41.7 Å². The number of benzene rings is 1. The molecule has 0 radical (unpaired) electrons. The fourth-order valence-electron chi connectivity index (χ4n) is 1.51. The molecule has 7 heteroatoms. The molecule has 0 spiro atoms. The van der Waals surface area contributed by atoms with Gasteiger partial charge in [0.2, 0.25) is 0 Å². The van der Waals surface area contributed by atoms with Crippen molar-refractivity contribution >= 4 is 23.5 Å². The number of amides is 1. The first-order valence-corrected chi connectivity index (χ1v) is 6.52. The number of hydrogen-bond acceptors (Lipinski definition) is 3. The van der Waals surface area contributed by atoms with Gasteiger partial charge in [0.25, 0.3) is 5.91 Å². The minimum atomic E-state index is -1.13. The largest absolute Gasteiger partial charge is 0.482 e. The molecule has 0 aliphatic rings. The highest BCUT2D eigenvalue weighted by molar-refractivity contribution is 6.32. The normalized spacial score (nSPS) is 11.5. The number of aliphatic carboxylic acids is 1. The molecule has 1 unspecified atom stereocenters. The van der Waals surface area contributed by atoms with Gasteiger partial charge in [-0.25, -0.2) is 9.18 Å². The van der Waals surface area contributed by atoms with Gasteiger partial charge in [0.15, 0.2) is 6.61 Å². The molecule has 114 valence electrons. The van der Waals surface area contributed by atoms with E-state index in [1.54, 1.807) is 6.08 Å². The molecular formula is C14H15ClFNO4. The van der Waals surface area contributed by atoms with Crippen LogP contribution in [0.15, 0.2) is 30.9 Å². The Morgan fingerprint density at radius 2 is 2.24 bits per heavy atom. The predicted molar refractivity (Wildman–Crippen MR) is 75.9 cm³/mol. The molecule has 5 nitrogen and oxygen atoms in total. The molecule has 0 fully saturated rings. The van der Waals surface area contributed by atoms with Gasteiger partial charge >= 0.3 is 5.97 Å². The molecule has 0 aromatic heterocycles. The van der Waals surface area contributed by atoms with E-state index in [9.17, 15) is 14.0 Å². The lowest BCUT2D eigenvalue weighted by molar-refractivity contribution is -0.142. The lowest BCUT2D eigenvalue weighted by atomic mass is 10.1. The van der Waals surface area contributed by atoms with E-state index in [2.05, 4.69) is 11.9 Å². The maximum atomic E-state index is 12.8. The third-order valence-corrected chi connectivity index (χ3v) is 2.84. The maximum absolute atomic E-state index is 12.8. The predicted octanol–water partition coefficient (Wildman–Crippen LogP) is 2.39. The van der Waals surface area contributed by atoms with Crippen molar-refractivity contribution in [2.75, 3.05) is 6.61 Å². The summed E-state index contributed by atoms with van der Waals surface area (Å²) in [5.74, 6) is -2.12. The smallest absolute Gasteiger partial charge is 0.326 e. The average Bonchev–Trinajstić information content (AvgIpc) is 2.42. The van der Waals surface area contributed by atoms with Crippen LogP contribution in [0.1, 0.15) is 12.8 Å². The lowest BCUT2D eigenvalue weighted by Crippen LogP contribution is -2.42. The average molecular weight is 316 g/mol. The topological polar surface area (TPSA) is 75.6 Å². The molecular weight excluding hydrogens is 301 g/mol. The summed E-state index contributed by atoms with van der Waals surface area (Å²) in [5.41, 5.74) is 0. The van der Waals surface area contributed by atoms with Gasteiger partial charge < -0.3 is 15.2 Å². The molecule has 1 aromatic rings. The van der Waals surface area contributed by atoms with Crippen LogP contribution in [-0.4, -0.2) is 29.6 Å². The van der Waals surface area contributed by atoms with Crippen molar-refractivity contribution in [3.63, 3.8) is 0 Å². The summed E-state index contributed by atoms with van der Waals surface area (Å²) < 4.78 is 17.9. The monoisotopic (exact) mass is 315 g/mol. The Kier molecular flexibility index (Phi) is 6.68. The van der Waals surface area contributed by atoms with Crippen LogP contribution in [-0.2, 0) is 9.59 Å². The number of rotatable bonds is 8. The van der Waals surface area contributed by atoms with Gasteiger partial charge in [-0.15, -0.1) is 6.58 Å². The van der Waals surface area contributed by atoms with Gasteiger partial charge in [-0.2, -0.15) is 0 Å². The number of allylic oxidation sites excluding steroid dienone is 1. The molecule has 2 N–H and O–H groups in total. The van der Waals surface area contributed by atoms with Crippen molar-refractivity contribution in [2.45, 2.75) is 18.9 Å². The Bertz CT molecular complexity index is 536. The van der Waals surface area contributed by atoms with Crippen molar-refractivity contribution in [3.8, 4) is 5.75 Å². The quantitative estimate of drug-likeness (QED) is 0.722. The molecule has 0 saturated heterocycles. The number of carboxylic acids is 1. The highest BCUT2D eigenvalue weighted by Gasteiger charge is 2.19. The van der Waals surface area contributed by atoms with Crippen LogP contribution in [0.3, 0.4) is 0 Å². The fourth-order valence-corrected chi connectivity index (χ4v) is 1.74. The van der Waals surface area contributed by atoms with Crippen LogP contribution in [0, 0.1) is 5.82 Å². The molecule has 1 amide bonds. The number of nitrogens with one attached hydrogen (secondary N) is 1. The van der Waals surface area contributed by atoms with E-state index in [1.165, 1.54) is 6.07 Å². The summed E-state index contributed by atoms with van der Waals surface area (Å²) in [6, 6.07) is 2.47. The molecule has 0 aliphatic heterocycles. The van der Waals surface area contributed by atoms with Crippen molar-refractivity contribution in [1.29, 1.82) is 0 Å². The van der Waals surface area contributed by atoms with Gasteiger partial charge in [-0.3, -0.25) is 4.79 Å². The van der Waals surface area contributed by atoms with E-state index in [0.29, 0.717) is 6.42 Å². The molecule has 0 aliphatic carbocycles. The summed E-state index contributed by atoms with van der Waals surface area (Å²) in [7, 11) is 0. The van der Waals surface area contributed by atoms with Gasteiger partial charge in [-0.05, 0) is 31.0 Å². The number of carbonyl (C=O) groups is 2. The summed E-state index contributed by atoms with van der Waals surface area (Å²) in [6.45, 7) is 3.07. The minimum absolute atomic E-state index is 0.0317. The first-order valence-electron chi connectivity index (χ1n) is 6.15. The van der Waals surface area contributed by atoms with Crippen LogP contribution >= 0.6 is 11.6 Å². The first-order chi connectivity index (χ1) is 9.93. The number of carbonyl (C=O) groups excluding carboxylic acids is 1. The van der Waals surface area contributed by atoms with E-state index in [4.69, 9.17) is 21.4 Å². The SMILES string of the molecule is C=CCCC(NC(=O)COc1ccc(F)cc1Cl)C(=O)O. The van der Waals surface area contributed by atoms with E-state index in [1.807, 2.05) is 0 Å². The van der Waals surface area contributed by atoms with E-state index < -0.39 is 30.3 Å². The van der Waals surface area contributed by atoms with Gasteiger partial charge in [-0.1, -0.05) is 17.7 Å². The Hall–Kier alpha value is -2.08. The van der Waals surface area contributed by atoms with Crippen LogP contribution < -0.4 is 10.1 Å². The van der Waals surface area contributed by atoms with E-state index >= 15 is 0 Å².